The van der Waals surface area contributed by atoms with Crippen molar-refractivity contribution in [1.82, 2.24) is 9.97 Å². The Hall–Kier alpha value is -1.80. The minimum absolute atomic E-state index is 0.117. The molecule has 0 fully saturated rings. The van der Waals surface area contributed by atoms with Gasteiger partial charge < -0.3 is 10.1 Å². The first kappa shape index (κ1) is 19.5. The summed E-state index contributed by atoms with van der Waals surface area (Å²) in [6.45, 7) is 2.16. The summed E-state index contributed by atoms with van der Waals surface area (Å²) >= 11 is 6.36. The van der Waals surface area contributed by atoms with Gasteiger partial charge in [0.1, 0.15) is 15.2 Å². The highest BCUT2D eigenvalue weighted by Crippen LogP contribution is 2.20. The Morgan fingerprint density at radius 2 is 1.96 bits per heavy atom. The average Bonchev–Trinajstić information content (AvgIpc) is 2.65. The number of nitrogens with zero attached hydrogens (tertiary/aromatic N) is 2. The van der Waals surface area contributed by atoms with E-state index in [4.69, 9.17) is 4.74 Å². The Morgan fingerprint density at radius 3 is 2.56 bits per heavy atom. The maximum atomic E-state index is 12.6. The van der Waals surface area contributed by atoms with Crippen LogP contribution in [0.4, 0.5) is 5.82 Å². The summed E-state index contributed by atoms with van der Waals surface area (Å²) in [7, 11) is 1.61. The van der Waals surface area contributed by atoms with Gasteiger partial charge in [-0.25, -0.2) is 9.97 Å². The maximum Gasteiger partial charge on any atom is 0.206 e. The molecule has 25 heavy (non-hydrogen) atoms. The number of rotatable bonds is 8. The van der Waals surface area contributed by atoms with Gasteiger partial charge in [-0.15, -0.1) is 0 Å². The van der Waals surface area contributed by atoms with Crippen LogP contribution >= 0.6 is 31.9 Å². The highest BCUT2D eigenvalue weighted by Gasteiger charge is 2.27. The van der Waals surface area contributed by atoms with Gasteiger partial charge >= 0.3 is 0 Å². The number of ether oxygens (including phenoxy) is 1. The topological polar surface area (TPSA) is 81.2 Å². The van der Waals surface area contributed by atoms with Crippen molar-refractivity contribution in [3.63, 3.8) is 0 Å². The highest BCUT2D eigenvalue weighted by atomic mass is 79.9. The highest BCUT2D eigenvalue weighted by molar-refractivity contribution is 9.10. The molecule has 8 heteroatoms. The van der Waals surface area contributed by atoms with E-state index in [0.29, 0.717) is 17.0 Å². The number of alkyl halides is 1. The molecule has 0 bridgehead atoms. The first-order valence-corrected chi connectivity index (χ1v) is 9.27. The van der Waals surface area contributed by atoms with Crippen LogP contribution < -0.4 is 10.1 Å². The van der Waals surface area contributed by atoms with E-state index < -0.39 is 10.6 Å². The molecule has 0 spiro atoms. The lowest BCUT2D eigenvalue weighted by molar-refractivity contribution is -0.117. The second-order valence-corrected chi connectivity index (χ2v) is 6.87. The molecular weight excluding hydrogens is 454 g/mol. The van der Waals surface area contributed by atoms with E-state index in [1.54, 1.807) is 14.0 Å². The van der Waals surface area contributed by atoms with Crippen molar-refractivity contribution in [3.05, 3.63) is 46.3 Å². The number of halogens is 2. The molecule has 0 saturated carbocycles. The zero-order valence-corrected chi connectivity index (χ0v) is 16.9. The molecule has 0 aliphatic heterocycles. The molecular formula is C17H17Br2N3O3. The summed E-state index contributed by atoms with van der Waals surface area (Å²) < 4.78 is 5.55. The molecule has 2 rings (SSSR count). The van der Waals surface area contributed by atoms with Crippen molar-refractivity contribution >= 4 is 49.2 Å². The molecule has 0 amide bonds. The molecule has 1 unspecified atom stereocenters. The SMILES string of the molecule is CCC(=O)C(Br)C(=O)c1nc(Br)cnc1NCc1ccc(OC)cc1. The Balaban J connectivity index is 2.20. The van der Waals surface area contributed by atoms with Gasteiger partial charge in [0.25, 0.3) is 0 Å². The molecule has 0 aliphatic carbocycles. The van der Waals surface area contributed by atoms with Crippen LogP contribution in [-0.2, 0) is 11.3 Å². The van der Waals surface area contributed by atoms with Crippen LogP contribution in [0.1, 0.15) is 29.4 Å². The molecule has 1 heterocycles. The second-order valence-electron chi connectivity index (χ2n) is 5.14. The summed E-state index contributed by atoms with van der Waals surface area (Å²) in [5.74, 6) is 0.478. The Bertz CT molecular complexity index is 766. The van der Waals surface area contributed by atoms with Gasteiger partial charge in [-0.1, -0.05) is 35.0 Å². The summed E-state index contributed by atoms with van der Waals surface area (Å²) in [5.41, 5.74) is 1.11. The monoisotopic (exact) mass is 469 g/mol. The van der Waals surface area contributed by atoms with Gasteiger partial charge in [0.2, 0.25) is 5.78 Å². The first-order valence-electron chi connectivity index (χ1n) is 7.56. The van der Waals surface area contributed by atoms with Gasteiger partial charge in [0.05, 0.1) is 13.3 Å². The van der Waals surface area contributed by atoms with E-state index >= 15 is 0 Å². The first-order chi connectivity index (χ1) is 12.0. The number of methoxy groups -OCH3 is 1. The zero-order valence-electron chi connectivity index (χ0n) is 13.8. The summed E-state index contributed by atoms with van der Waals surface area (Å²) in [5, 5.41) is 3.10. The maximum absolute atomic E-state index is 12.6. The summed E-state index contributed by atoms with van der Waals surface area (Å²) in [6, 6.07) is 7.52. The molecule has 6 nitrogen and oxygen atoms in total. The number of Topliss-reactive ketones (excluding diaryl/α,β-unsaturated/α-hetero) is 2. The van der Waals surface area contributed by atoms with Crippen LogP contribution in [0, 0.1) is 0 Å². The lowest BCUT2D eigenvalue weighted by Crippen LogP contribution is -2.26. The van der Waals surface area contributed by atoms with Gasteiger partial charge in [0.15, 0.2) is 17.3 Å². The molecule has 0 radical (unpaired) electrons. The van der Waals surface area contributed by atoms with Crippen molar-refractivity contribution in [2.75, 3.05) is 12.4 Å². The Labute approximate surface area is 162 Å². The third kappa shape index (κ3) is 5.09. The second kappa shape index (κ2) is 9.05. The minimum atomic E-state index is -0.928. The van der Waals surface area contributed by atoms with E-state index in [1.807, 2.05) is 24.3 Å². The van der Waals surface area contributed by atoms with E-state index in [2.05, 4.69) is 47.1 Å². The molecule has 1 aromatic heterocycles. The number of anilines is 1. The van der Waals surface area contributed by atoms with Crippen LogP contribution in [0.3, 0.4) is 0 Å². The molecule has 0 aliphatic rings. The number of aromatic nitrogens is 2. The number of carbonyl (C=O) groups is 2. The van der Waals surface area contributed by atoms with Crippen LogP contribution in [0.15, 0.2) is 35.1 Å². The zero-order chi connectivity index (χ0) is 18.4. The molecule has 1 atom stereocenters. The van der Waals surface area contributed by atoms with Crippen LogP contribution in [0.25, 0.3) is 0 Å². The van der Waals surface area contributed by atoms with E-state index in [9.17, 15) is 9.59 Å². The lowest BCUT2D eigenvalue weighted by atomic mass is 10.1. The van der Waals surface area contributed by atoms with Crippen LogP contribution in [0.5, 0.6) is 5.75 Å². The number of carbonyl (C=O) groups excluding carboxylic acids is 2. The molecule has 1 aromatic carbocycles. The van der Waals surface area contributed by atoms with Gasteiger partial charge in [0, 0.05) is 13.0 Å². The summed E-state index contributed by atoms with van der Waals surface area (Å²) in [4.78, 5) is 31.8. The Morgan fingerprint density at radius 1 is 1.28 bits per heavy atom. The predicted octanol–water partition coefficient (Wildman–Crippen LogP) is 3.79. The fourth-order valence-electron chi connectivity index (χ4n) is 2.04. The molecule has 0 saturated heterocycles. The normalized spacial score (nSPS) is 11.7. The molecule has 132 valence electrons. The number of ketones is 2. The van der Waals surface area contributed by atoms with Crippen molar-refractivity contribution in [1.29, 1.82) is 0 Å². The quantitative estimate of drug-likeness (QED) is 0.359. The third-order valence-electron chi connectivity index (χ3n) is 3.46. The fourth-order valence-corrected chi connectivity index (χ4v) is 2.86. The van der Waals surface area contributed by atoms with Gasteiger partial charge in [-0.2, -0.15) is 0 Å². The third-order valence-corrected chi connectivity index (χ3v) is 4.77. The van der Waals surface area contributed by atoms with Gasteiger partial charge in [-0.3, -0.25) is 9.59 Å². The average molecular weight is 471 g/mol. The predicted molar refractivity (Wildman–Crippen MR) is 102 cm³/mol. The number of hydrogen-bond acceptors (Lipinski definition) is 6. The summed E-state index contributed by atoms with van der Waals surface area (Å²) in [6.07, 6.45) is 1.76. The molecule has 2 aromatic rings. The molecule has 1 N–H and O–H groups in total. The van der Waals surface area contributed by atoms with E-state index in [1.165, 1.54) is 6.20 Å². The largest absolute Gasteiger partial charge is 0.497 e. The lowest BCUT2D eigenvalue weighted by Gasteiger charge is -2.12. The van der Waals surface area contributed by atoms with Crippen molar-refractivity contribution in [3.8, 4) is 5.75 Å². The fraction of sp³-hybridized carbons (Fsp3) is 0.294. The smallest absolute Gasteiger partial charge is 0.206 e. The number of nitrogens with one attached hydrogen (secondary N) is 1. The Kier molecular flexibility index (Phi) is 7.07. The van der Waals surface area contributed by atoms with Crippen LogP contribution in [0.2, 0.25) is 0 Å². The van der Waals surface area contributed by atoms with Crippen molar-refractivity contribution < 1.29 is 14.3 Å². The van der Waals surface area contributed by atoms with E-state index in [0.717, 1.165) is 11.3 Å². The number of benzene rings is 1. The van der Waals surface area contributed by atoms with Crippen molar-refractivity contribution in [2.45, 2.75) is 24.7 Å². The van der Waals surface area contributed by atoms with Crippen LogP contribution in [-0.4, -0.2) is 33.5 Å². The van der Waals surface area contributed by atoms with Crippen molar-refractivity contribution in [2.24, 2.45) is 0 Å². The minimum Gasteiger partial charge on any atom is -0.497 e. The standard InChI is InChI=1S/C17H17Br2N3O3/c1-3-12(23)14(19)16(24)15-17(21-9-13(18)22-15)20-8-10-4-6-11(25-2)7-5-10/h4-7,9,14H,3,8H2,1-2H3,(H,20,21). The van der Waals surface area contributed by atoms with E-state index in [-0.39, 0.29) is 17.9 Å². The number of hydrogen-bond donors (Lipinski definition) is 1. The van der Waals surface area contributed by atoms with Gasteiger partial charge in [-0.05, 0) is 33.6 Å².